The number of hydrogen-bond acceptors (Lipinski definition) is 4. The first kappa shape index (κ1) is 11.0. The molecule has 0 N–H and O–H groups in total. The third-order valence-electron chi connectivity index (χ3n) is 2.08. The van der Waals surface area contributed by atoms with Crippen molar-refractivity contribution in [2.45, 2.75) is 19.4 Å². The number of rotatable bonds is 3. The Kier molecular flexibility index (Phi) is 3.52. The molecule has 0 saturated heterocycles. The van der Waals surface area contributed by atoms with Crippen LogP contribution in [0, 0.1) is 0 Å². The summed E-state index contributed by atoms with van der Waals surface area (Å²) in [5.41, 5.74) is 0.514. The van der Waals surface area contributed by atoms with E-state index in [9.17, 15) is 9.59 Å². The Balaban J connectivity index is 2.64. The van der Waals surface area contributed by atoms with Gasteiger partial charge in [0.05, 0.1) is 13.5 Å². The zero-order chi connectivity index (χ0) is 10.7. The minimum Gasteiger partial charge on any atom is -0.501 e. The van der Waals surface area contributed by atoms with Gasteiger partial charge in [-0.1, -0.05) is 0 Å². The number of carbonyl (C=O) groups is 2. The predicted molar refractivity (Wildman–Crippen MR) is 49.9 cm³/mol. The summed E-state index contributed by atoms with van der Waals surface area (Å²) >= 11 is 5.25. The van der Waals surface area contributed by atoms with Gasteiger partial charge in [0.2, 0.25) is 5.78 Å². The molecule has 1 rings (SSSR count). The standard InChI is InChI=1S/C9H11ClO4/c1-5-6(13-2)3-7(9(5)12)14-8(11)4-10/h7H,3-4H2,1-2H3. The molecule has 0 aromatic carbocycles. The molecular weight excluding hydrogens is 208 g/mol. The van der Waals surface area contributed by atoms with Crippen molar-refractivity contribution in [2.24, 2.45) is 0 Å². The summed E-state index contributed by atoms with van der Waals surface area (Å²) in [5.74, 6) is -0.469. The first-order valence-corrected chi connectivity index (χ1v) is 4.67. The first-order valence-electron chi connectivity index (χ1n) is 4.13. The van der Waals surface area contributed by atoms with Crippen molar-refractivity contribution in [3.05, 3.63) is 11.3 Å². The third-order valence-corrected chi connectivity index (χ3v) is 2.30. The molecule has 4 nitrogen and oxygen atoms in total. The number of esters is 1. The molecule has 0 bridgehead atoms. The van der Waals surface area contributed by atoms with Gasteiger partial charge < -0.3 is 9.47 Å². The van der Waals surface area contributed by atoms with Crippen molar-refractivity contribution in [1.82, 2.24) is 0 Å². The Morgan fingerprint density at radius 3 is 2.71 bits per heavy atom. The number of methoxy groups -OCH3 is 1. The number of halogens is 1. The van der Waals surface area contributed by atoms with E-state index in [1.54, 1.807) is 6.92 Å². The Hall–Kier alpha value is -1.03. The van der Waals surface area contributed by atoms with Crippen LogP contribution in [0.15, 0.2) is 11.3 Å². The predicted octanol–water partition coefficient (Wildman–Crippen LogP) is 1.03. The highest BCUT2D eigenvalue weighted by atomic mass is 35.5. The fraction of sp³-hybridized carbons (Fsp3) is 0.556. The van der Waals surface area contributed by atoms with E-state index in [0.717, 1.165) is 0 Å². The van der Waals surface area contributed by atoms with Gasteiger partial charge in [-0.2, -0.15) is 0 Å². The van der Waals surface area contributed by atoms with E-state index in [1.165, 1.54) is 7.11 Å². The van der Waals surface area contributed by atoms with E-state index in [4.69, 9.17) is 21.1 Å². The topological polar surface area (TPSA) is 52.6 Å². The Morgan fingerprint density at radius 1 is 1.64 bits per heavy atom. The SMILES string of the molecule is COC1=C(C)C(=O)C(OC(=O)CCl)C1. The second-order valence-electron chi connectivity index (χ2n) is 2.93. The van der Waals surface area contributed by atoms with E-state index in [0.29, 0.717) is 17.8 Å². The summed E-state index contributed by atoms with van der Waals surface area (Å²) in [6.07, 6.45) is -0.444. The number of ether oxygens (including phenoxy) is 2. The lowest BCUT2D eigenvalue weighted by Gasteiger charge is -2.09. The Morgan fingerprint density at radius 2 is 2.29 bits per heavy atom. The molecular formula is C9H11ClO4. The summed E-state index contributed by atoms with van der Waals surface area (Å²) in [4.78, 5) is 22.3. The fourth-order valence-electron chi connectivity index (χ4n) is 1.31. The number of alkyl halides is 1. The maximum absolute atomic E-state index is 11.5. The van der Waals surface area contributed by atoms with Crippen molar-refractivity contribution in [2.75, 3.05) is 13.0 Å². The number of ketones is 1. The van der Waals surface area contributed by atoms with Gasteiger partial charge >= 0.3 is 5.97 Å². The van der Waals surface area contributed by atoms with Gasteiger partial charge in [-0.15, -0.1) is 11.6 Å². The zero-order valence-corrected chi connectivity index (χ0v) is 8.76. The van der Waals surface area contributed by atoms with Crippen LogP contribution in [-0.2, 0) is 19.1 Å². The third kappa shape index (κ3) is 2.07. The molecule has 0 aliphatic heterocycles. The average molecular weight is 219 g/mol. The van der Waals surface area contributed by atoms with Gasteiger partial charge in [0, 0.05) is 5.57 Å². The minimum absolute atomic E-state index is 0.208. The van der Waals surface area contributed by atoms with Crippen LogP contribution in [0.5, 0.6) is 0 Å². The molecule has 1 aliphatic carbocycles. The lowest BCUT2D eigenvalue weighted by molar-refractivity contribution is -0.150. The molecule has 14 heavy (non-hydrogen) atoms. The molecule has 78 valence electrons. The Labute approximate surface area is 86.8 Å². The van der Waals surface area contributed by atoms with E-state index >= 15 is 0 Å². The maximum atomic E-state index is 11.5. The molecule has 0 saturated carbocycles. The normalized spacial score (nSPS) is 21.4. The quantitative estimate of drug-likeness (QED) is 0.525. The van der Waals surface area contributed by atoms with E-state index in [2.05, 4.69) is 0 Å². The molecule has 1 atom stereocenters. The number of carbonyl (C=O) groups excluding carboxylic acids is 2. The highest BCUT2D eigenvalue weighted by molar-refractivity contribution is 6.26. The van der Waals surface area contributed by atoms with Crippen molar-refractivity contribution >= 4 is 23.4 Å². The summed E-state index contributed by atoms with van der Waals surface area (Å²) in [5, 5.41) is 0. The number of hydrogen-bond donors (Lipinski definition) is 0. The van der Waals surface area contributed by atoms with Gasteiger partial charge in [-0.25, -0.2) is 0 Å². The van der Waals surface area contributed by atoms with Gasteiger partial charge in [0.15, 0.2) is 6.10 Å². The maximum Gasteiger partial charge on any atom is 0.321 e. The molecule has 0 amide bonds. The lowest BCUT2D eigenvalue weighted by Crippen LogP contribution is -2.24. The number of Topliss-reactive ketones (excluding diaryl/α,β-unsaturated/α-hetero) is 1. The molecule has 0 spiro atoms. The van der Waals surface area contributed by atoms with E-state index in [1.807, 2.05) is 0 Å². The second kappa shape index (κ2) is 4.46. The smallest absolute Gasteiger partial charge is 0.321 e. The van der Waals surface area contributed by atoms with Crippen molar-refractivity contribution in [3.63, 3.8) is 0 Å². The van der Waals surface area contributed by atoms with Crippen LogP contribution in [-0.4, -0.2) is 30.8 Å². The molecule has 1 aliphatic rings. The van der Waals surface area contributed by atoms with Crippen LogP contribution < -0.4 is 0 Å². The lowest BCUT2D eigenvalue weighted by atomic mass is 10.2. The zero-order valence-electron chi connectivity index (χ0n) is 8.00. The summed E-state index contributed by atoms with van der Waals surface area (Å²) in [6.45, 7) is 1.65. The highest BCUT2D eigenvalue weighted by Gasteiger charge is 2.34. The van der Waals surface area contributed by atoms with Crippen LogP contribution in [0.1, 0.15) is 13.3 Å². The minimum atomic E-state index is -0.754. The molecule has 0 heterocycles. The van der Waals surface area contributed by atoms with Crippen LogP contribution in [0.4, 0.5) is 0 Å². The van der Waals surface area contributed by atoms with Crippen LogP contribution in [0.25, 0.3) is 0 Å². The van der Waals surface area contributed by atoms with Gasteiger partial charge in [0.1, 0.15) is 11.6 Å². The van der Waals surface area contributed by atoms with Gasteiger partial charge in [0.25, 0.3) is 0 Å². The molecule has 0 radical (unpaired) electrons. The first-order chi connectivity index (χ1) is 6.60. The average Bonchev–Trinajstić information content (AvgIpc) is 2.45. The summed E-state index contributed by atoms with van der Waals surface area (Å²) in [6, 6.07) is 0. The van der Waals surface area contributed by atoms with Crippen LogP contribution >= 0.6 is 11.6 Å². The molecule has 0 aromatic heterocycles. The molecule has 0 fully saturated rings. The van der Waals surface area contributed by atoms with Crippen molar-refractivity contribution in [3.8, 4) is 0 Å². The summed E-state index contributed by atoms with van der Waals surface area (Å²) in [7, 11) is 1.48. The van der Waals surface area contributed by atoms with Gasteiger partial charge in [-0.05, 0) is 6.92 Å². The largest absolute Gasteiger partial charge is 0.501 e. The molecule has 0 aromatic rings. The fourth-order valence-corrected chi connectivity index (χ4v) is 1.38. The molecule has 5 heteroatoms. The van der Waals surface area contributed by atoms with Crippen LogP contribution in [0.2, 0.25) is 0 Å². The summed E-state index contributed by atoms with van der Waals surface area (Å²) < 4.78 is 9.81. The Bertz CT molecular complexity index is 295. The van der Waals surface area contributed by atoms with Crippen LogP contribution in [0.3, 0.4) is 0 Å². The van der Waals surface area contributed by atoms with E-state index in [-0.39, 0.29) is 11.7 Å². The monoisotopic (exact) mass is 218 g/mol. The highest BCUT2D eigenvalue weighted by Crippen LogP contribution is 2.25. The molecule has 1 unspecified atom stereocenters. The van der Waals surface area contributed by atoms with Crippen molar-refractivity contribution < 1.29 is 19.1 Å². The second-order valence-corrected chi connectivity index (χ2v) is 3.20. The van der Waals surface area contributed by atoms with Gasteiger partial charge in [-0.3, -0.25) is 9.59 Å². The van der Waals surface area contributed by atoms with E-state index < -0.39 is 12.1 Å². The van der Waals surface area contributed by atoms with Crippen molar-refractivity contribution in [1.29, 1.82) is 0 Å².